The number of nitrogens with one attached hydrogen (secondary N) is 1. The first-order valence-corrected chi connectivity index (χ1v) is 6.18. The highest BCUT2D eigenvalue weighted by Gasteiger charge is 2.25. The van der Waals surface area contributed by atoms with Crippen LogP contribution in [0.3, 0.4) is 0 Å². The molecule has 0 aromatic heterocycles. The number of rotatable bonds is 2. The van der Waals surface area contributed by atoms with Crippen LogP contribution in [0.15, 0.2) is 0 Å². The van der Waals surface area contributed by atoms with Crippen molar-refractivity contribution in [1.29, 1.82) is 0 Å². The molecule has 0 aromatic carbocycles. The van der Waals surface area contributed by atoms with Gasteiger partial charge < -0.3 is 10.2 Å². The summed E-state index contributed by atoms with van der Waals surface area (Å²) < 4.78 is 0. The summed E-state index contributed by atoms with van der Waals surface area (Å²) in [5, 5.41) is 3.84. The molecular weight excluding hydrogens is 172 g/mol. The Balaban J connectivity index is 1.78. The lowest BCUT2D eigenvalue weighted by Crippen LogP contribution is -2.49. The Morgan fingerprint density at radius 3 is 2.43 bits per heavy atom. The Hall–Kier alpha value is -0.0800. The predicted octanol–water partition coefficient (Wildman–Crippen LogP) is 1.86. The Bertz CT molecular complexity index is 165. The van der Waals surface area contributed by atoms with E-state index in [0.29, 0.717) is 0 Å². The van der Waals surface area contributed by atoms with Crippen molar-refractivity contribution in [1.82, 2.24) is 10.2 Å². The van der Waals surface area contributed by atoms with Crippen LogP contribution >= 0.6 is 0 Å². The summed E-state index contributed by atoms with van der Waals surface area (Å²) >= 11 is 0. The number of likely N-dealkylation sites (tertiary alicyclic amines) is 1. The van der Waals surface area contributed by atoms with Gasteiger partial charge in [0.05, 0.1) is 0 Å². The molecule has 0 amide bonds. The van der Waals surface area contributed by atoms with Gasteiger partial charge in [0.2, 0.25) is 0 Å². The Morgan fingerprint density at radius 1 is 1.07 bits per heavy atom. The van der Waals surface area contributed by atoms with Crippen LogP contribution in [-0.4, -0.2) is 37.1 Å². The third-order valence-electron chi connectivity index (χ3n) is 3.67. The van der Waals surface area contributed by atoms with Gasteiger partial charge in [0, 0.05) is 25.2 Å². The molecule has 0 aromatic rings. The number of hydrogen-bond acceptors (Lipinski definition) is 2. The summed E-state index contributed by atoms with van der Waals surface area (Å²) in [5.74, 6) is 0.868. The molecule has 1 aliphatic carbocycles. The van der Waals surface area contributed by atoms with Gasteiger partial charge in [-0.3, -0.25) is 0 Å². The largest absolute Gasteiger partial charge is 0.310 e. The molecule has 1 saturated carbocycles. The summed E-state index contributed by atoms with van der Waals surface area (Å²) in [6.07, 6.45) is 7.08. The quantitative estimate of drug-likeness (QED) is 0.725. The topological polar surface area (TPSA) is 15.3 Å². The second-order valence-corrected chi connectivity index (χ2v) is 5.41. The van der Waals surface area contributed by atoms with Crippen LogP contribution in [0.5, 0.6) is 0 Å². The van der Waals surface area contributed by atoms with Gasteiger partial charge in [0.1, 0.15) is 0 Å². The standard InChI is InChI=1S/C12H24N2/c1-10-7-12(9-14(2)8-10)13-11-5-3-4-6-11/h10-13H,3-9H2,1-2H3. The molecule has 1 saturated heterocycles. The number of hydrogen-bond donors (Lipinski definition) is 1. The van der Waals surface area contributed by atoms with E-state index in [-0.39, 0.29) is 0 Å². The molecule has 2 heteroatoms. The van der Waals surface area contributed by atoms with E-state index in [2.05, 4.69) is 24.2 Å². The molecule has 1 aliphatic heterocycles. The maximum absolute atomic E-state index is 3.84. The zero-order chi connectivity index (χ0) is 9.97. The average Bonchev–Trinajstić information content (AvgIpc) is 2.54. The summed E-state index contributed by atoms with van der Waals surface area (Å²) in [6.45, 7) is 4.91. The van der Waals surface area contributed by atoms with Gasteiger partial charge in [-0.25, -0.2) is 0 Å². The van der Waals surface area contributed by atoms with Crippen molar-refractivity contribution in [3.8, 4) is 0 Å². The van der Waals surface area contributed by atoms with Crippen molar-refractivity contribution in [3.05, 3.63) is 0 Å². The van der Waals surface area contributed by atoms with E-state index in [1.165, 1.54) is 45.2 Å². The smallest absolute Gasteiger partial charge is 0.0200 e. The molecule has 2 unspecified atom stereocenters. The zero-order valence-electron chi connectivity index (χ0n) is 9.63. The van der Waals surface area contributed by atoms with Crippen molar-refractivity contribution in [3.63, 3.8) is 0 Å². The molecule has 1 N–H and O–H groups in total. The highest BCUT2D eigenvalue weighted by molar-refractivity contribution is 4.84. The van der Waals surface area contributed by atoms with Crippen LogP contribution in [0.1, 0.15) is 39.0 Å². The lowest BCUT2D eigenvalue weighted by Gasteiger charge is -2.36. The van der Waals surface area contributed by atoms with Gasteiger partial charge in [-0.05, 0) is 32.2 Å². The van der Waals surface area contributed by atoms with Crippen LogP contribution in [0.25, 0.3) is 0 Å². The molecule has 2 fully saturated rings. The lowest BCUT2D eigenvalue weighted by molar-refractivity contribution is 0.171. The first-order valence-electron chi connectivity index (χ1n) is 6.18. The van der Waals surface area contributed by atoms with Gasteiger partial charge in [-0.1, -0.05) is 19.8 Å². The van der Waals surface area contributed by atoms with Crippen LogP contribution in [0, 0.1) is 5.92 Å². The fourth-order valence-electron chi connectivity index (χ4n) is 3.16. The molecule has 0 spiro atoms. The van der Waals surface area contributed by atoms with Crippen LogP contribution in [0.2, 0.25) is 0 Å². The fourth-order valence-corrected chi connectivity index (χ4v) is 3.16. The summed E-state index contributed by atoms with van der Waals surface area (Å²) in [4.78, 5) is 2.47. The maximum atomic E-state index is 3.84. The van der Waals surface area contributed by atoms with Gasteiger partial charge in [-0.2, -0.15) is 0 Å². The van der Waals surface area contributed by atoms with Gasteiger partial charge >= 0.3 is 0 Å². The molecule has 2 rings (SSSR count). The van der Waals surface area contributed by atoms with E-state index < -0.39 is 0 Å². The van der Waals surface area contributed by atoms with E-state index in [9.17, 15) is 0 Å². The van der Waals surface area contributed by atoms with Crippen LogP contribution in [-0.2, 0) is 0 Å². The van der Waals surface area contributed by atoms with Crippen LogP contribution < -0.4 is 5.32 Å². The van der Waals surface area contributed by atoms with E-state index in [4.69, 9.17) is 0 Å². The third kappa shape index (κ3) is 2.71. The molecule has 2 aliphatic rings. The molecule has 82 valence electrons. The molecule has 1 heterocycles. The maximum Gasteiger partial charge on any atom is 0.0200 e. The van der Waals surface area contributed by atoms with Crippen molar-refractivity contribution < 1.29 is 0 Å². The van der Waals surface area contributed by atoms with E-state index in [1.54, 1.807) is 0 Å². The minimum Gasteiger partial charge on any atom is -0.310 e. The second kappa shape index (κ2) is 4.63. The molecule has 14 heavy (non-hydrogen) atoms. The minimum absolute atomic E-state index is 0.756. The number of nitrogens with zero attached hydrogens (tertiary/aromatic N) is 1. The molecule has 2 atom stereocenters. The number of piperidine rings is 1. The molecular formula is C12H24N2. The highest BCUT2D eigenvalue weighted by atomic mass is 15.1. The average molecular weight is 196 g/mol. The molecule has 0 radical (unpaired) electrons. The first-order chi connectivity index (χ1) is 6.74. The van der Waals surface area contributed by atoms with E-state index >= 15 is 0 Å². The Labute approximate surface area is 88.1 Å². The summed E-state index contributed by atoms with van der Waals surface area (Å²) in [7, 11) is 2.25. The van der Waals surface area contributed by atoms with Gasteiger partial charge in [-0.15, -0.1) is 0 Å². The van der Waals surface area contributed by atoms with E-state index in [0.717, 1.165) is 18.0 Å². The normalized spacial score (nSPS) is 36.4. The Kier molecular flexibility index (Phi) is 3.45. The zero-order valence-corrected chi connectivity index (χ0v) is 9.63. The van der Waals surface area contributed by atoms with Crippen molar-refractivity contribution >= 4 is 0 Å². The van der Waals surface area contributed by atoms with Gasteiger partial charge in [0.15, 0.2) is 0 Å². The Morgan fingerprint density at radius 2 is 1.79 bits per heavy atom. The first kappa shape index (κ1) is 10.4. The fraction of sp³-hybridized carbons (Fsp3) is 1.00. The lowest BCUT2D eigenvalue weighted by atomic mass is 9.95. The SMILES string of the molecule is CC1CC(NC2CCCC2)CN(C)C1. The summed E-state index contributed by atoms with van der Waals surface area (Å²) in [6, 6.07) is 1.59. The molecule has 0 bridgehead atoms. The minimum atomic E-state index is 0.756. The predicted molar refractivity (Wildman–Crippen MR) is 60.5 cm³/mol. The van der Waals surface area contributed by atoms with Crippen molar-refractivity contribution in [2.24, 2.45) is 5.92 Å². The van der Waals surface area contributed by atoms with E-state index in [1.807, 2.05) is 0 Å². The van der Waals surface area contributed by atoms with Crippen molar-refractivity contribution in [2.45, 2.75) is 51.1 Å². The van der Waals surface area contributed by atoms with Crippen molar-refractivity contribution in [2.75, 3.05) is 20.1 Å². The third-order valence-corrected chi connectivity index (χ3v) is 3.67. The van der Waals surface area contributed by atoms with Crippen LogP contribution in [0.4, 0.5) is 0 Å². The molecule has 2 nitrogen and oxygen atoms in total. The van der Waals surface area contributed by atoms with Gasteiger partial charge in [0.25, 0.3) is 0 Å². The highest BCUT2D eigenvalue weighted by Crippen LogP contribution is 2.21. The summed E-state index contributed by atoms with van der Waals surface area (Å²) in [5.41, 5.74) is 0. The monoisotopic (exact) mass is 196 g/mol. The number of likely N-dealkylation sites (N-methyl/N-ethyl adjacent to an activating group) is 1. The second-order valence-electron chi connectivity index (χ2n) is 5.41.